The van der Waals surface area contributed by atoms with Crippen LogP contribution in [0.15, 0.2) is 18.2 Å². The third-order valence-electron chi connectivity index (χ3n) is 2.15. The van der Waals surface area contributed by atoms with Crippen molar-refractivity contribution < 1.29 is 13.5 Å². The van der Waals surface area contributed by atoms with Crippen LogP contribution >= 0.6 is 0 Å². The monoisotopic (exact) mass is 229 g/mol. The molecule has 1 rings (SSSR count). The van der Waals surface area contributed by atoms with Crippen molar-refractivity contribution in [3.8, 4) is 5.75 Å². The van der Waals surface area contributed by atoms with Crippen molar-refractivity contribution in [3.05, 3.63) is 29.8 Å². The molecular weight excluding hydrogens is 212 g/mol. The summed E-state index contributed by atoms with van der Waals surface area (Å²) < 4.78 is 30.9. The van der Waals surface area contributed by atoms with E-state index in [1.54, 1.807) is 0 Å². The molecular formula is C12H17F2NO. The van der Waals surface area contributed by atoms with Crippen LogP contribution < -0.4 is 4.74 Å². The molecule has 1 aromatic rings. The standard InChI is InChI=1S/C12H17F2NO/c1-15(2)7-3-4-8-16-12-6-5-10(13)9-11(12)14/h5-6,9H,3-4,7-8H2,1-2H3. The van der Waals surface area contributed by atoms with Crippen LogP contribution in [-0.4, -0.2) is 32.1 Å². The summed E-state index contributed by atoms with van der Waals surface area (Å²) >= 11 is 0. The quantitative estimate of drug-likeness (QED) is 0.695. The second-order valence-corrected chi connectivity index (χ2v) is 3.93. The van der Waals surface area contributed by atoms with Gasteiger partial charge in [0.2, 0.25) is 0 Å². The van der Waals surface area contributed by atoms with Gasteiger partial charge in [0.25, 0.3) is 0 Å². The molecule has 0 fully saturated rings. The highest BCUT2D eigenvalue weighted by Crippen LogP contribution is 2.17. The second-order valence-electron chi connectivity index (χ2n) is 3.93. The van der Waals surface area contributed by atoms with E-state index >= 15 is 0 Å². The van der Waals surface area contributed by atoms with Crippen LogP contribution in [0.25, 0.3) is 0 Å². The van der Waals surface area contributed by atoms with Crippen LogP contribution in [0.1, 0.15) is 12.8 Å². The average molecular weight is 229 g/mol. The van der Waals surface area contributed by atoms with E-state index in [1.165, 1.54) is 12.1 Å². The fourth-order valence-corrected chi connectivity index (χ4v) is 1.30. The Morgan fingerprint density at radius 2 is 1.94 bits per heavy atom. The Kier molecular flexibility index (Phi) is 5.19. The molecule has 0 saturated carbocycles. The van der Waals surface area contributed by atoms with Gasteiger partial charge in [-0.25, -0.2) is 8.78 Å². The summed E-state index contributed by atoms with van der Waals surface area (Å²) in [5.74, 6) is -1.11. The Labute approximate surface area is 94.8 Å². The van der Waals surface area contributed by atoms with Crippen LogP contribution in [0.2, 0.25) is 0 Å². The number of hydrogen-bond donors (Lipinski definition) is 0. The summed E-state index contributed by atoms with van der Waals surface area (Å²) in [6.07, 6.45) is 1.85. The normalized spacial score (nSPS) is 10.8. The number of ether oxygens (including phenoxy) is 1. The molecule has 0 aliphatic heterocycles. The summed E-state index contributed by atoms with van der Waals surface area (Å²) in [6.45, 7) is 1.44. The van der Waals surface area contributed by atoms with Crippen molar-refractivity contribution in [1.29, 1.82) is 0 Å². The highest BCUT2D eigenvalue weighted by atomic mass is 19.1. The molecule has 0 amide bonds. The molecule has 0 saturated heterocycles. The predicted molar refractivity (Wildman–Crippen MR) is 59.6 cm³/mol. The Morgan fingerprint density at radius 1 is 1.19 bits per heavy atom. The summed E-state index contributed by atoms with van der Waals surface area (Å²) in [5, 5.41) is 0. The number of benzene rings is 1. The lowest BCUT2D eigenvalue weighted by Crippen LogP contribution is -2.13. The van der Waals surface area contributed by atoms with Gasteiger partial charge in [-0.1, -0.05) is 0 Å². The predicted octanol–water partition coefficient (Wildman–Crippen LogP) is 2.69. The van der Waals surface area contributed by atoms with Gasteiger partial charge in [-0.15, -0.1) is 0 Å². The highest BCUT2D eigenvalue weighted by molar-refractivity contribution is 5.24. The molecule has 0 spiro atoms. The van der Waals surface area contributed by atoms with E-state index in [0.29, 0.717) is 6.61 Å². The minimum atomic E-state index is -0.646. The second kappa shape index (κ2) is 6.43. The third kappa shape index (κ3) is 4.57. The number of unbranched alkanes of at least 4 members (excludes halogenated alkanes) is 1. The molecule has 0 aliphatic rings. The summed E-state index contributed by atoms with van der Waals surface area (Å²) in [4.78, 5) is 2.08. The van der Waals surface area contributed by atoms with Crippen LogP contribution in [0.4, 0.5) is 8.78 Å². The smallest absolute Gasteiger partial charge is 0.167 e. The Morgan fingerprint density at radius 3 is 2.56 bits per heavy atom. The lowest BCUT2D eigenvalue weighted by atomic mass is 10.3. The lowest BCUT2D eigenvalue weighted by molar-refractivity contribution is 0.280. The molecule has 2 nitrogen and oxygen atoms in total. The van der Waals surface area contributed by atoms with Crippen LogP contribution in [0.3, 0.4) is 0 Å². The first-order valence-corrected chi connectivity index (χ1v) is 5.32. The molecule has 0 radical (unpaired) electrons. The summed E-state index contributed by atoms with van der Waals surface area (Å²) in [7, 11) is 4.00. The van der Waals surface area contributed by atoms with Crippen molar-refractivity contribution in [2.24, 2.45) is 0 Å². The lowest BCUT2D eigenvalue weighted by Gasteiger charge is -2.10. The number of halogens is 2. The minimum absolute atomic E-state index is 0.117. The molecule has 0 aliphatic carbocycles. The van der Waals surface area contributed by atoms with Crippen molar-refractivity contribution in [2.75, 3.05) is 27.2 Å². The SMILES string of the molecule is CN(C)CCCCOc1ccc(F)cc1F. The van der Waals surface area contributed by atoms with E-state index in [-0.39, 0.29) is 5.75 Å². The van der Waals surface area contributed by atoms with Crippen molar-refractivity contribution >= 4 is 0 Å². The molecule has 0 bridgehead atoms. The number of nitrogens with zero attached hydrogens (tertiary/aromatic N) is 1. The van der Waals surface area contributed by atoms with Gasteiger partial charge in [-0.05, 0) is 45.6 Å². The van der Waals surface area contributed by atoms with Gasteiger partial charge in [-0.3, -0.25) is 0 Å². The van der Waals surface area contributed by atoms with E-state index < -0.39 is 11.6 Å². The van der Waals surface area contributed by atoms with E-state index in [9.17, 15) is 8.78 Å². The maximum absolute atomic E-state index is 13.1. The fourth-order valence-electron chi connectivity index (χ4n) is 1.30. The van der Waals surface area contributed by atoms with Gasteiger partial charge in [0.1, 0.15) is 5.82 Å². The van der Waals surface area contributed by atoms with E-state index in [4.69, 9.17) is 4.74 Å². The van der Waals surface area contributed by atoms with E-state index in [1.807, 2.05) is 14.1 Å². The highest BCUT2D eigenvalue weighted by Gasteiger charge is 2.04. The molecule has 4 heteroatoms. The Bertz CT molecular complexity index is 329. The molecule has 90 valence electrons. The van der Waals surface area contributed by atoms with Gasteiger partial charge in [-0.2, -0.15) is 0 Å². The Balaban J connectivity index is 2.27. The minimum Gasteiger partial charge on any atom is -0.491 e. The molecule has 0 N–H and O–H groups in total. The first kappa shape index (κ1) is 12.9. The first-order valence-electron chi connectivity index (χ1n) is 5.32. The van der Waals surface area contributed by atoms with Crippen molar-refractivity contribution in [2.45, 2.75) is 12.8 Å². The number of hydrogen-bond acceptors (Lipinski definition) is 2. The Hall–Kier alpha value is -1.16. The largest absolute Gasteiger partial charge is 0.491 e. The molecule has 0 unspecified atom stereocenters. The molecule has 0 heterocycles. The van der Waals surface area contributed by atoms with Gasteiger partial charge in [0, 0.05) is 6.07 Å². The maximum atomic E-state index is 13.1. The zero-order chi connectivity index (χ0) is 12.0. The summed E-state index contributed by atoms with van der Waals surface area (Å²) in [5.41, 5.74) is 0. The molecule has 0 atom stereocenters. The van der Waals surface area contributed by atoms with Gasteiger partial charge in [0.15, 0.2) is 11.6 Å². The first-order chi connectivity index (χ1) is 7.59. The van der Waals surface area contributed by atoms with Crippen molar-refractivity contribution in [3.63, 3.8) is 0 Å². The van der Waals surface area contributed by atoms with Gasteiger partial charge < -0.3 is 9.64 Å². The molecule has 0 aromatic heterocycles. The maximum Gasteiger partial charge on any atom is 0.167 e. The summed E-state index contributed by atoms with van der Waals surface area (Å²) in [6, 6.07) is 3.34. The van der Waals surface area contributed by atoms with Crippen LogP contribution in [0.5, 0.6) is 5.75 Å². The van der Waals surface area contributed by atoms with Gasteiger partial charge in [0.05, 0.1) is 6.61 Å². The average Bonchev–Trinajstić information content (AvgIpc) is 2.20. The zero-order valence-electron chi connectivity index (χ0n) is 9.67. The topological polar surface area (TPSA) is 12.5 Å². The van der Waals surface area contributed by atoms with E-state index in [2.05, 4.69) is 4.90 Å². The molecule has 1 aromatic carbocycles. The van der Waals surface area contributed by atoms with Gasteiger partial charge >= 0.3 is 0 Å². The molecule has 16 heavy (non-hydrogen) atoms. The van der Waals surface area contributed by atoms with Crippen LogP contribution in [-0.2, 0) is 0 Å². The van der Waals surface area contributed by atoms with Crippen molar-refractivity contribution in [1.82, 2.24) is 4.90 Å². The van der Waals surface area contributed by atoms with Crippen LogP contribution in [0, 0.1) is 11.6 Å². The zero-order valence-corrected chi connectivity index (χ0v) is 9.67. The fraction of sp³-hybridized carbons (Fsp3) is 0.500. The van der Waals surface area contributed by atoms with E-state index in [0.717, 1.165) is 25.5 Å². The third-order valence-corrected chi connectivity index (χ3v) is 2.15. The number of rotatable bonds is 6.